The Balaban J connectivity index is 2.26. The highest BCUT2D eigenvalue weighted by Gasteiger charge is 2.05. The molecule has 0 aliphatic heterocycles. The molecule has 0 radical (unpaired) electrons. The number of rotatable bonds is 4. The summed E-state index contributed by atoms with van der Waals surface area (Å²) in [6.07, 6.45) is 0. The van der Waals surface area contributed by atoms with Crippen LogP contribution < -0.4 is 0 Å². The fourth-order valence-corrected chi connectivity index (χ4v) is 2.71. The van der Waals surface area contributed by atoms with Crippen LogP contribution in [0.25, 0.3) is 10.6 Å². The summed E-state index contributed by atoms with van der Waals surface area (Å²) in [4.78, 5) is 6.65. The van der Waals surface area contributed by atoms with Crippen molar-refractivity contribution in [3.8, 4) is 10.6 Å². The van der Waals surface area contributed by atoms with Gasteiger partial charge in [-0.25, -0.2) is 4.98 Å². The van der Waals surface area contributed by atoms with Crippen molar-refractivity contribution in [3.05, 3.63) is 40.9 Å². The molecule has 2 rings (SSSR count). The number of benzene rings is 1. The van der Waals surface area contributed by atoms with Crippen LogP contribution in [0.2, 0.25) is 0 Å². The van der Waals surface area contributed by atoms with Gasteiger partial charge in [0.2, 0.25) is 0 Å². The molecule has 17 heavy (non-hydrogen) atoms. The lowest BCUT2D eigenvalue weighted by atomic mass is 10.1. The highest BCUT2D eigenvalue weighted by atomic mass is 35.5. The number of hydrogen-bond donors (Lipinski definition) is 0. The van der Waals surface area contributed by atoms with E-state index in [1.165, 1.54) is 11.1 Å². The molecule has 4 heteroatoms. The third-order valence-electron chi connectivity index (χ3n) is 2.36. The molecule has 2 nitrogen and oxygen atoms in total. The van der Waals surface area contributed by atoms with E-state index in [0.717, 1.165) is 17.2 Å². The fraction of sp³-hybridized carbons (Fsp3) is 0.308. The lowest BCUT2D eigenvalue weighted by Gasteiger charge is -2.10. The summed E-state index contributed by atoms with van der Waals surface area (Å²) in [5, 5.41) is 3.06. The van der Waals surface area contributed by atoms with Gasteiger partial charge < -0.3 is 4.90 Å². The van der Waals surface area contributed by atoms with Crippen LogP contribution in [0.1, 0.15) is 11.3 Å². The molecule has 0 saturated heterocycles. The maximum absolute atomic E-state index is 5.77. The van der Waals surface area contributed by atoms with Crippen LogP contribution in [0.4, 0.5) is 0 Å². The maximum atomic E-state index is 5.77. The van der Waals surface area contributed by atoms with Gasteiger partial charge >= 0.3 is 0 Å². The maximum Gasteiger partial charge on any atom is 0.123 e. The lowest BCUT2D eigenvalue weighted by Crippen LogP contribution is -2.10. The molecule has 0 amide bonds. The normalized spacial score (nSPS) is 11.1. The van der Waals surface area contributed by atoms with Gasteiger partial charge in [-0.1, -0.05) is 18.2 Å². The average Bonchev–Trinajstić information content (AvgIpc) is 2.77. The van der Waals surface area contributed by atoms with E-state index in [1.807, 2.05) is 5.38 Å². The van der Waals surface area contributed by atoms with Crippen LogP contribution in [0.5, 0.6) is 0 Å². The molecule has 0 aliphatic rings. The molecule has 0 atom stereocenters. The van der Waals surface area contributed by atoms with E-state index in [0.29, 0.717) is 5.88 Å². The molecular weight excluding hydrogens is 252 g/mol. The Morgan fingerprint density at radius 3 is 2.82 bits per heavy atom. The molecule has 0 aliphatic carbocycles. The molecule has 90 valence electrons. The zero-order valence-corrected chi connectivity index (χ0v) is 11.6. The van der Waals surface area contributed by atoms with Crippen molar-refractivity contribution >= 4 is 22.9 Å². The van der Waals surface area contributed by atoms with Crippen molar-refractivity contribution in [1.82, 2.24) is 9.88 Å². The molecule has 0 unspecified atom stereocenters. The molecule has 1 heterocycles. The summed E-state index contributed by atoms with van der Waals surface area (Å²) in [5.74, 6) is 0.480. The molecule has 1 aromatic heterocycles. The van der Waals surface area contributed by atoms with Gasteiger partial charge in [-0.3, -0.25) is 0 Å². The first-order valence-electron chi connectivity index (χ1n) is 5.43. The summed E-state index contributed by atoms with van der Waals surface area (Å²) in [6, 6.07) is 8.50. The summed E-state index contributed by atoms with van der Waals surface area (Å²) in [5.41, 5.74) is 3.42. The van der Waals surface area contributed by atoms with E-state index in [1.54, 1.807) is 11.3 Å². The Labute approximate surface area is 111 Å². The molecule has 2 aromatic rings. The van der Waals surface area contributed by atoms with Crippen molar-refractivity contribution in [1.29, 1.82) is 0 Å². The van der Waals surface area contributed by atoms with Crippen LogP contribution in [0, 0.1) is 0 Å². The number of alkyl halides is 1. The summed E-state index contributed by atoms with van der Waals surface area (Å²) >= 11 is 7.41. The van der Waals surface area contributed by atoms with E-state index in [-0.39, 0.29) is 0 Å². The van der Waals surface area contributed by atoms with Crippen LogP contribution in [-0.2, 0) is 12.4 Å². The van der Waals surface area contributed by atoms with E-state index in [4.69, 9.17) is 11.6 Å². The van der Waals surface area contributed by atoms with Crippen molar-refractivity contribution in [2.75, 3.05) is 14.1 Å². The highest BCUT2D eigenvalue weighted by molar-refractivity contribution is 7.13. The second kappa shape index (κ2) is 5.63. The minimum atomic E-state index is 0.480. The molecule has 0 N–H and O–H groups in total. The quantitative estimate of drug-likeness (QED) is 0.786. The van der Waals surface area contributed by atoms with Crippen molar-refractivity contribution in [3.63, 3.8) is 0 Å². The highest BCUT2D eigenvalue weighted by Crippen LogP contribution is 2.25. The molecule has 0 bridgehead atoms. The zero-order valence-electron chi connectivity index (χ0n) is 9.98. The average molecular weight is 267 g/mol. The Morgan fingerprint density at radius 1 is 1.35 bits per heavy atom. The summed E-state index contributed by atoms with van der Waals surface area (Å²) in [7, 11) is 4.14. The smallest absolute Gasteiger partial charge is 0.123 e. The summed E-state index contributed by atoms with van der Waals surface area (Å²) in [6.45, 7) is 0.946. The standard InChI is InChI=1S/C13H15ClN2S/c1-16(2)8-10-4-3-5-11(6-10)13-15-12(7-14)9-17-13/h3-6,9H,7-8H2,1-2H3. The summed E-state index contributed by atoms with van der Waals surface area (Å²) < 4.78 is 0. The van der Waals surface area contributed by atoms with Gasteiger partial charge in [0.15, 0.2) is 0 Å². The largest absolute Gasteiger partial charge is 0.305 e. The topological polar surface area (TPSA) is 16.1 Å². The van der Waals surface area contributed by atoms with Gasteiger partial charge in [0.25, 0.3) is 0 Å². The predicted octanol–water partition coefficient (Wildman–Crippen LogP) is 3.61. The van der Waals surface area contributed by atoms with Gasteiger partial charge in [0.1, 0.15) is 5.01 Å². The van der Waals surface area contributed by atoms with Gasteiger partial charge in [0, 0.05) is 17.5 Å². The zero-order chi connectivity index (χ0) is 12.3. The first kappa shape index (κ1) is 12.6. The minimum Gasteiger partial charge on any atom is -0.305 e. The van der Waals surface area contributed by atoms with Gasteiger partial charge in [0.05, 0.1) is 11.6 Å². The second-order valence-electron chi connectivity index (χ2n) is 4.22. The van der Waals surface area contributed by atoms with Crippen LogP contribution in [0.15, 0.2) is 29.6 Å². The van der Waals surface area contributed by atoms with Gasteiger partial charge in [-0.2, -0.15) is 0 Å². The van der Waals surface area contributed by atoms with E-state index in [9.17, 15) is 0 Å². The first-order chi connectivity index (χ1) is 8.19. The fourth-order valence-electron chi connectivity index (χ4n) is 1.67. The van der Waals surface area contributed by atoms with Crippen molar-refractivity contribution < 1.29 is 0 Å². The Hall–Kier alpha value is -0.900. The number of aromatic nitrogens is 1. The first-order valence-corrected chi connectivity index (χ1v) is 6.85. The van der Waals surface area contributed by atoms with E-state index < -0.39 is 0 Å². The third kappa shape index (κ3) is 3.28. The Kier molecular flexibility index (Phi) is 4.15. The number of halogens is 1. The van der Waals surface area contributed by atoms with E-state index >= 15 is 0 Å². The van der Waals surface area contributed by atoms with Crippen LogP contribution in [-0.4, -0.2) is 24.0 Å². The molecular formula is C13H15ClN2S. The molecule has 0 saturated carbocycles. The minimum absolute atomic E-state index is 0.480. The molecule has 1 aromatic carbocycles. The van der Waals surface area contributed by atoms with Gasteiger partial charge in [-0.15, -0.1) is 22.9 Å². The van der Waals surface area contributed by atoms with Crippen molar-refractivity contribution in [2.45, 2.75) is 12.4 Å². The lowest BCUT2D eigenvalue weighted by molar-refractivity contribution is 0.402. The Morgan fingerprint density at radius 2 is 2.18 bits per heavy atom. The second-order valence-corrected chi connectivity index (χ2v) is 5.34. The monoisotopic (exact) mass is 266 g/mol. The molecule has 0 fully saturated rings. The van der Waals surface area contributed by atoms with Crippen LogP contribution >= 0.6 is 22.9 Å². The Bertz CT molecular complexity index is 494. The third-order valence-corrected chi connectivity index (χ3v) is 3.58. The number of nitrogens with zero attached hydrogens (tertiary/aromatic N) is 2. The number of thiazole rings is 1. The van der Waals surface area contributed by atoms with E-state index in [2.05, 4.69) is 48.2 Å². The van der Waals surface area contributed by atoms with Crippen molar-refractivity contribution in [2.24, 2.45) is 0 Å². The number of hydrogen-bond acceptors (Lipinski definition) is 3. The predicted molar refractivity (Wildman–Crippen MR) is 74.5 cm³/mol. The van der Waals surface area contributed by atoms with Gasteiger partial charge in [-0.05, 0) is 25.7 Å². The molecule has 0 spiro atoms. The SMILES string of the molecule is CN(C)Cc1cccc(-c2nc(CCl)cs2)c1. The van der Waals surface area contributed by atoms with Crippen LogP contribution in [0.3, 0.4) is 0 Å².